The lowest BCUT2D eigenvalue weighted by molar-refractivity contribution is 0.104. The molecule has 0 saturated heterocycles. The molecule has 0 aliphatic carbocycles. The molecule has 0 N–H and O–H groups in total. The summed E-state index contributed by atoms with van der Waals surface area (Å²) in [7, 11) is 10.6. The topological polar surface area (TPSA) is 52.9 Å². The van der Waals surface area contributed by atoms with E-state index >= 15 is 0 Å². The molecule has 0 atom stereocenters. The van der Waals surface area contributed by atoms with E-state index in [0.29, 0.717) is 22.8 Å². The van der Waals surface area contributed by atoms with Crippen LogP contribution in [0.25, 0.3) is 17.0 Å². The van der Waals surface area contributed by atoms with Gasteiger partial charge in [0.25, 0.3) is 0 Å². The van der Waals surface area contributed by atoms with Gasteiger partial charge in [-0.1, -0.05) is 0 Å². The summed E-state index contributed by atoms with van der Waals surface area (Å²) in [6, 6.07) is 9.60. The first-order valence-electron chi connectivity index (χ1n) is 9.18. The van der Waals surface area contributed by atoms with Crippen LogP contribution < -0.4 is 19.1 Å². The van der Waals surface area contributed by atoms with Crippen molar-refractivity contribution in [3.8, 4) is 17.2 Å². The first kappa shape index (κ1) is 20.3. The highest BCUT2D eigenvalue weighted by atomic mass is 16.5. The van der Waals surface area contributed by atoms with Crippen molar-refractivity contribution in [1.82, 2.24) is 4.57 Å². The number of carbonyl (C=O) groups excluding carboxylic acids is 1. The number of anilines is 1. The molecular weight excluding hydrogens is 368 g/mol. The normalized spacial score (nSPS) is 11.1. The molecule has 6 nitrogen and oxygen atoms in total. The SMILES string of the molecule is COc1cc(C(=O)/C=C/c2cn(C)c3ccc(N(C)C)cc23)cc(OC)c1OC. The molecule has 0 aliphatic heterocycles. The largest absolute Gasteiger partial charge is 0.493 e. The summed E-state index contributed by atoms with van der Waals surface area (Å²) < 4.78 is 18.1. The van der Waals surface area contributed by atoms with Gasteiger partial charge in [-0.05, 0) is 42.5 Å². The molecule has 6 heteroatoms. The van der Waals surface area contributed by atoms with Crippen LogP contribution in [0.5, 0.6) is 17.2 Å². The van der Waals surface area contributed by atoms with Gasteiger partial charge in [-0.25, -0.2) is 0 Å². The molecule has 1 heterocycles. The fourth-order valence-corrected chi connectivity index (χ4v) is 3.31. The number of aromatic nitrogens is 1. The van der Waals surface area contributed by atoms with Gasteiger partial charge in [-0.3, -0.25) is 4.79 Å². The fraction of sp³-hybridized carbons (Fsp3) is 0.261. The second kappa shape index (κ2) is 8.31. The van der Waals surface area contributed by atoms with E-state index in [-0.39, 0.29) is 5.78 Å². The molecule has 29 heavy (non-hydrogen) atoms. The van der Waals surface area contributed by atoms with E-state index in [1.807, 2.05) is 33.4 Å². The van der Waals surface area contributed by atoms with Gasteiger partial charge in [0.2, 0.25) is 5.75 Å². The highest BCUT2D eigenvalue weighted by molar-refractivity contribution is 6.08. The van der Waals surface area contributed by atoms with Crippen molar-refractivity contribution in [1.29, 1.82) is 0 Å². The molecule has 0 fully saturated rings. The average Bonchev–Trinajstić information content (AvgIpc) is 3.05. The number of hydrogen-bond donors (Lipinski definition) is 0. The Morgan fingerprint density at radius 2 is 1.66 bits per heavy atom. The predicted octanol–water partition coefficient (Wildman–Crippen LogP) is 4.17. The highest BCUT2D eigenvalue weighted by Gasteiger charge is 2.16. The minimum Gasteiger partial charge on any atom is -0.493 e. The summed E-state index contributed by atoms with van der Waals surface area (Å²) in [6.07, 6.45) is 5.42. The van der Waals surface area contributed by atoms with E-state index in [0.717, 1.165) is 22.2 Å². The van der Waals surface area contributed by atoms with E-state index in [9.17, 15) is 4.79 Å². The van der Waals surface area contributed by atoms with Gasteiger partial charge in [-0.2, -0.15) is 0 Å². The third kappa shape index (κ3) is 3.92. The standard InChI is InChI=1S/C23H26N2O4/c1-24(2)17-8-9-19-18(13-17)15(14-25(19)3)7-10-20(26)16-11-21(27-4)23(29-6)22(12-16)28-5/h7-14H,1-6H3/b10-7+. The average molecular weight is 394 g/mol. The lowest BCUT2D eigenvalue weighted by Gasteiger charge is -2.13. The third-order valence-electron chi connectivity index (χ3n) is 4.88. The Morgan fingerprint density at radius 1 is 1.00 bits per heavy atom. The monoisotopic (exact) mass is 394 g/mol. The number of carbonyl (C=O) groups is 1. The molecule has 1 aromatic heterocycles. The molecule has 3 aromatic rings. The van der Waals surface area contributed by atoms with Crippen LogP contribution in [0.15, 0.2) is 42.6 Å². The first-order chi connectivity index (χ1) is 13.9. The minimum atomic E-state index is -0.148. The lowest BCUT2D eigenvalue weighted by Crippen LogP contribution is -2.08. The number of allylic oxidation sites excluding steroid dienone is 1. The number of ether oxygens (including phenoxy) is 3. The van der Waals surface area contributed by atoms with Gasteiger partial charge in [0.15, 0.2) is 17.3 Å². The summed E-state index contributed by atoms with van der Waals surface area (Å²) in [5.74, 6) is 1.21. The number of methoxy groups -OCH3 is 3. The van der Waals surface area contributed by atoms with Gasteiger partial charge >= 0.3 is 0 Å². The number of rotatable bonds is 7. The number of hydrogen-bond acceptors (Lipinski definition) is 5. The molecule has 2 aromatic carbocycles. The van der Waals surface area contributed by atoms with Gasteiger partial charge in [0.05, 0.1) is 21.3 Å². The molecule has 0 saturated carbocycles. The Kier molecular flexibility index (Phi) is 5.82. The van der Waals surface area contributed by atoms with Crippen LogP contribution in [0.1, 0.15) is 15.9 Å². The number of nitrogens with zero attached hydrogens (tertiary/aromatic N) is 2. The Labute approximate surface area is 170 Å². The Bertz CT molecular complexity index is 1050. The van der Waals surface area contributed by atoms with Crippen LogP contribution in [0.4, 0.5) is 5.69 Å². The van der Waals surface area contributed by atoms with Crippen molar-refractivity contribution in [2.75, 3.05) is 40.3 Å². The fourth-order valence-electron chi connectivity index (χ4n) is 3.31. The summed E-state index contributed by atoms with van der Waals surface area (Å²) in [5, 5.41) is 1.09. The summed E-state index contributed by atoms with van der Waals surface area (Å²) in [6.45, 7) is 0. The highest BCUT2D eigenvalue weighted by Crippen LogP contribution is 2.38. The van der Waals surface area contributed by atoms with Crippen LogP contribution in [0, 0.1) is 0 Å². The van der Waals surface area contributed by atoms with Gasteiger partial charge in [0, 0.05) is 55.1 Å². The van der Waals surface area contributed by atoms with Crippen LogP contribution in [-0.4, -0.2) is 45.8 Å². The molecule has 0 radical (unpaired) electrons. The summed E-state index contributed by atoms with van der Waals surface area (Å²) >= 11 is 0. The second-order valence-electron chi connectivity index (χ2n) is 6.90. The van der Waals surface area contributed by atoms with Crippen LogP contribution >= 0.6 is 0 Å². The number of benzene rings is 2. The number of ketones is 1. The predicted molar refractivity (Wildman–Crippen MR) is 117 cm³/mol. The number of fused-ring (bicyclic) bond motifs is 1. The molecule has 0 bridgehead atoms. The molecule has 0 aliphatic rings. The van der Waals surface area contributed by atoms with Crippen LogP contribution in [-0.2, 0) is 7.05 Å². The summed E-state index contributed by atoms with van der Waals surface area (Å²) in [5.41, 5.74) is 3.65. The molecule has 152 valence electrons. The zero-order valence-electron chi connectivity index (χ0n) is 17.6. The quantitative estimate of drug-likeness (QED) is 0.445. The molecule has 0 spiro atoms. The van der Waals surface area contributed by atoms with E-state index in [1.165, 1.54) is 21.3 Å². The second-order valence-corrected chi connectivity index (χ2v) is 6.90. The molecule has 3 rings (SSSR count). The maximum absolute atomic E-state index is 12.8. The van der Waals surface area contributed by atoms with Crippen molar-refractivity contribution in [2.24, 2.45) is 7.05 Å². The smallest absolute Gasteiger partial charge is 0.203 e. The van der Waals surface area contributed by atoms with Crippen molar-refractivity contribution in [2.45, 2.75) is 0 Å². The van der Waals surface area contributed by atoms with E-state index in [1.54, 1.807) is 18.2 Å². The minimum absolute atomic E-state index is 0.148. The van der Waals surface area contributed by atoms with Crippen LogP contribution in [0.2, 0.25) is 0 Å². The zero-order valence-corrected chi connectivity index (χ0v) is 17.6. The third-order valence-corrected chi connectivity index (χ3v) is 4.88. The number of aryl methyl sites for hydroxylation is 1. The van der Waals surface area contributed by atoms with E-state index in [4.69, 9.17) is 14.2 Å². The Balaban J connectivity index is 1.98. The lowest BCUT2D eigenvalue weighted by atomic mass is 10.1. The first-order valence-corrected chi connectivity index (χ1v) is 9.18. The van der Waals surface area contributed by atoms with E-state index < -0.39 is 0 Å². The maximum atomic E-state index is 12.8. The Morgan fingerprint density at radius 3 is 2.21 bits per heavy atom. The Hall–Kier alpha value is -3.41. The molecule has 0 amide bonds. The van der Waals surface area contributed by atoms with Crippen molar-refractivity contribution in [3.63, 3.8) is 0 Å². The van der Waals surface area contributed by atoms with Crippen LogP contribution in [0.3, 0.4) is 0 Å². The van der Waals surface area contributed by atoms with Crippen molar-refractivity contribution in [3.05, 3.63) is 53.7 Å². The van der Waals surface area contributed by atoms with Gasteiger partial charge < -0.3 is 23.7 Å². The maximum Gasteiger partial charge on any atom is 0.203 e. The molecular formula is C23H26N2O4. The zero-order chi connectivity index (χ0) is 21.1. The van der Waals surface area contributed by atoms with Gasteiger partial charge in [0.1, 0.15) is 0 Å². The molecule has 0 unspecified atom stereocenters. The van der Waals surface area contributed by atoms with E-state index in [2.05, 4.69) is 27.7 Å². The van der Waals surface area contributed by atoms with Gasteiger partial charge in [-0.15, -0.1) is 0 Å². The van der Waals surface area contributed by atoms with Crippen molar-refractivity contribution < 1.29 is 19.0 Å². The van der Waals surface area contributed by atoms with Crippen molar-refractivity contribution >= 4 is 28.4 Å². The summed E-state index contributed by atoms with van der Waals surface area (Å²) in [4.78, 5) is 14.9.